The summed E-state index contributed by atoms with van der Waals surface area (Å²) >= 11 is 1.69. The summed E-state index contributed by atoms with van der Waals surface area (Å²) in [6.45, 7) is 1.02. The highest BCUT2D eigenvalue weighted by atomic mass is 32.1. The first kappa shape index (κ1) is 17.1. The minimum absolute atomic E-state index is 0.0824. The fraction of sp³-hybridized carbons (Fsp3) is 0.400. The molecular weight excluding hydrogens is 348 g/mol. The van der Waals surface area contributed by atoms with Gasteiger partial charge in [-0.15, -0.1) is 11.3 Å². The lowest BCUT2D eigenvalue weighted by atomic mass is 10.0. The van der Waals surface area contributed by atoms with Gasteiger partial charge in [-0.1, -0.05) is 18.2 Å². The molecule has 0 spiro atoms. The van der Waals surface area contributed by atoms with Crippen molar-refractivity contribution >= 4 is 23.3 Å². The lowest BCUT2D eigenvalue weighted by molar-refractivity contribution is 0.0551. The summed E-state index contributed by atoms with van der Waals surface area (Å²) < 4.78 is 0. The third kappa shape index (κ3) is 3.46. The van der Waals surface area contributed by atoms with Crippen LogP contribution in [-0.2, 0) is 0 Å². The van der Waals surface area contributed by atoms with Crippen LogP contribution < -0.4 is 0 Å². The summed E-state index contributed by atoms with van der Waals surface area (Å²) in [5.74, 6) is 0.0824. The molecule has 0 atom stereocenters. The lowest BCUT2D eigenvalue weighted by Gasteiger charge is -2.38. The predicted molar refractivity (Wildman–Crippen MR) is 102 cm³/mol. The van der Waals surface area contributed by atoms with Crippen molar-refractivity contribution < 1.29 is 14.7 Å². The standard InChI is InChI=1S/C20H22N2O3S/c23-19(15-5-3-14(4-6-15)18-2-1-13-26-18)22(16-7-8-16)17-9-11-21(12-10-17)20(24)25/h1-6,13,16-17H,7-12H2,(H,24,25). The van der Waals surface area contributed by atoms with E-state index in [-0.39, 0.29) is 11.9 Å². The van der Waals surface area contributed by atoms with Crippen molar-refractivity contribution in [3.8, 4) is 10.4 Å². The Morgan fingerprint density at radius 1 is 1.00 bits per heavy atom. The highest BCUT2D eigenvalue weighted by Gasteiger charge is 2.39. The highest BCUT2D eigenvalue weighted by molar-refractivity contribution is 7.13. The average Bonchev–Trinajstić information content (AvgIpc) is 3.34. The molecule has 2 heterocycles. The lowest BCUT2D eigenvalue weighted by Crippen LogP contribution is -2.49. The number of hydrogen-bond acceptors (Lipinski definition) is 3. The summed E-state index contributed by atoms with van der Waals surface area (Å²) in [5.41, 5.74) is 1.85. The van der Waals surface area contributed by atoms with E-state index in [0.29, 0.717) is 19.1 Å². The van der Waals surface area contributed by atoms with Gasteiger partial charge in [-0.25, -0.2) is 4.79 Å². The van der Waals surface area contributed by atoms with Crippen LogP contribution in [-0.4, -0.2) is 52.1 Å². The van der Waals surface area contributed by atoms with Gasteiger partial charge in [-0.2, -0.15) is 0 Å². The highest BCUT2D eigenvalue weighted by Crippen LogP contribution is 2.34. The number of rotatable bonds is 4. The van der Waals surface area contributed by atoms with Crippen LogP contribution in [0, 0.1) is 0 Å². The monoisotopic (exact) mass is 370 g/mol. The molecule has 2 aliphatic rings. The summed E-state index contributed by atoms with van der Waals surface area (Å²) in [6.07, 6.45) is 2.69. The number of thiophene rings is 1. The molecule has 1 aliphatic heterocycles. The fourth-order valence-corrected chi connectivity index (χ4v) is 4.42. The second kappa shape index (κ2) is 7.11. The first-order valence-corrected chi connectivity index (χ1v) is 9.96. The molecule has 4 rings (SSSR count). The van der Waals surface area contributed by atoms with E-state index in [4.69, 9.17) is 5.11 Å². The van der Waals surface area contributed by atoms with Gasteiger partial charge in [0, 0.05) is 35.6 Å². The van der Waals surface area contributed by atoms with Crippen molar-refractivity contribution in [2.45, 2.75) is 37.8 Å². The van der Waals surface area contributed by atoms with Gasteiger partial charge in [0.15, 0.2) is 0 Å². The van der Waals surface area contributed by atoms with Crippen LogP contribution in [0.3, 0.4) is 0 Å². The SMILES string of the molecule is O=C(O)N1CCC(N(C(=O)c2ccc(-c3cccs3)cc2)C2CC2)CC1. The summed E-state index contributed by atoms with van der Waals surface area (Å²) in [5, 5.41) is 11.2. The van der Waals surface area contributed by atoms with E-state index in [2.05, 4.69) is 6.07 Å². The minimum atomic E-state index is -0.864. The van der Waals surface area contributed by atoms with E-state index < -0.39 is 6.09 Å². The molecule has 0 bridgehead atoms. The molecule has 2 amide bonds. The Morgan fingerprint density at radius 2 is 1.65 bits per heavy atom. The van der Waals surface area contributed by atoms with Crippen molar-refractivity contribution in [1.29, 1.82) is 0 Å². The zero-order chi connectivity index (χ0) is 18.1. The van der Waals surface area contributed by atoms with Crippen molar-refractivity contribution in [3.63, 3.8) is 0 Å². The number of amides is 2. The molecule has 0 radical (unpaired) electrons. The molecule has 1 N–H and O–H groups in total. The van der Waals surface area contributed by atoms with E-state index in [1.165, 1.54) is 9.78 Å². The van der Waals surface area contributed by atoms with Gasteiger partial charge in [0.25, 0.3) is 5.91 Å². The molecule has 1 aromatic heterocycles. The van der Waals surface area contributed by atoms with Crippen molar-refractivity contribution in [3.05, 3.63) is 47.3 Å². The smallest absolute Gasteiger partial charge is 0.407 e. The van der Waals surface area contributed by atoms with Crippen LogP contribution in [0.2, 0.25) is 0 Å². The van der Waals surface area contributed by atoms with Gasteiger partial charge in [-0.05, 0) is 54.8 Å². The van der Waals surface area contributed by atoms with Crippen molar-refractivity contribution in [2.75, 3.05) is 13.1 Å². The van der Waals surface area contributed by atoms with Gasteiger partial charge in [0.05, 0.1) is 0 Å². The zero-order valence-corrected chi connectivity index (χ0v) is 15.3. The molecule has 2 fully saturated rings. The number of carbonyl (C=O) groups is 2. The average molecular weight is 370 g/mol. The Kier molecular flexibility index (Phi) is 4.68. The first-order valence-electron chi connectivity index (χ1n) is 9.08. The Labute approximate surface area is 156 Å². The number of piperidine rings is 1. The van der Waals surface area contributed by atoms with Crippen molar-refractivity contribution in [2.24, 2.45) is 0 Å². The Hall–Kier alpha value is -2.34. The number of nitrogens with zero attached hydrogens (tertiary/aromatic N) is 2. The van der Waals surface area contributed by atoms with Gasteiger partial charge >= 0.3 is 6.09 Å². The van der Waals surface area contributed by atoms with Crippen LogP contribution >= 0.6 is 11.3 Å². The maximum absolute atomic E-state index is 13.1. The molecule has 136 valence electrons. The summed E-state index contributed by atoms with van der Waals surface area (Å²) in [4.78, 5) is 28.9. The quantitative estimate of drug-likeness (QED) is 0.879. The van der Waals surface area contributed by atoms with Gasteiger partial charge in [0.2, 0.25) is 0 Å². The maximum atomic E-state index is 13.1. The van der Waals surface area contributed by atoms with Crippen LogP contribution in [0.25, 0.3) is 10.4 Å². The Bertz CT molecular complexity index is 776. The zero-order valence-electron chi connectivity index (χ0n) is 14.5. The van der Waals surface area contributed by atoms with Gasteiger partial charge in [0.1, 0.15) is 0 Å². The minimum Gasteiger partial charge on any atom is -0.465 e. The third-order valence-electron chi connectivity index (χ3n) is 5.24. The van der Waals surface area contributed by atoms with Gasteiger partial charge in [-0.3, -0.25) is 4.79 Å². The number of hydrogen-bond donors (Lipinski definition) is 1. The summed E-state index contributed by atoms with van der Waals surface area (Å²) in [7, 11) is 0. The van der Waals surface area contributed by atoms with E-state index >= 15 is 0 Å². The van der Waals surface area contributed by atoms with Crippen LogP contribution in [0.4, 0.5) is 4.79 Å². The third-order valence-corrected chi connectivity index (χ3v) is 6.16. The number of likely N-dealkylation sites (tertiary alicyclic amines) is 1. The molecule has 2 aromatic rings. The molecule has 5 nitrogen and oxygen atoms in total. The molecular formula is C20H22N2O3S. The van der Waals surface area contributed by atoms with E-state index in [1.54, 1.807) is 11.3 Å². The second-order valence-electron chi connectivity index (χ2n) is 7.00. The molecule has 6 heteroatoms. The van der Waals surface area contributed by atoms with Crippen LogP contribution in [0.15, 0.2) is 41.8 Å². The Balaban J connectivity index is 1.48. The molecule has 1 aliphatic carbocycles. The maximum Gasteiger partial charge on any atom is 0.407 e. The second-order valence-corrected chi connectivity index (χ2v) is 7.95. The van der Waals surface area contributed by atoms with E-state index in [1.807, 2.05) is 40.6 Å². The van der Waals surface area contributed by atoms with E-state index in [9.17, 15) is 9.59 Å². The number of benzene rings is 1. The van der Waals surface area contributed by atoms with Gasteiger partial charge < -0.3 is 14.9 Å². The number of carbonyl (C=O) groups excluding carboxylic acids is 1. The fourth-order valence-electron chi connectivity index (χ4n) is 3.69. The molecule has 0 unspecified atom stereocenters. The van der Waals surface area contributed by atoms with Crippen LogP contribution in [0.5, 0.6) is 0 Å². The normalized spacial score (nSPS) is 17.9. The first-order chi connectivity index (χ1) is 12.6. The largest absolute Gasteiger partial charge is 0.465 e. The predicted octanol–water partition coefficient (Wildman–Crippen LogP) is 4.16. The molecule has 1 saturated carbocycles. The topological polar surface area (TPSA) is 60.9 Å². The summed E-state index contributed by atoms with van der Waals surface area (Å²) in [6, 6.07) is 12.4. The van der Waals surface area contributed by atoms with Crippen molar-refractivity contribution in [1.82, 2.24) is 9.80 Å². The molecule has 1 saturated heterocycles. The van der Waals surface area contributed by atoms with E-state index in [0.717, 1.165) is 36.8 Å². The van der Waals surface area contributed by atoms with Crippen LogP contribution in [0.1, 0.15) is 36.0 Å². The molecule has 1 aromatic carbocycles. The number of carboxylic acid groups (broad SMARTS) is 1. The molecule has 26 heavy (non-hydrogen) atoms. The Morgan fingerprint density at radius 3 is 2.19 bits per heavy atom.